The van der Waals surface area contributed by atoms with Crippen LogP contribution in [0.3, 0.4) is 0 Å². The molecule has 2 nitrogen and oxygen atoms in total. The summed E-state index contributed by atoms with van der Waals surface area (Å²) in [4.78, 5) is 0. The topological polar surface area (TPSA) is 29.5 Å². The number of benzene rings is 1. The summed E-state index contributed by atoms with van der Waals surface area (Å²) in [5, 5.41) is 9.12. The Balaban J connectivity index is 2.07. The van der Waals surface area contributed by atoms with E-state index in [0.29, 0.717) is 6.10 Å². The zero-order valence-corrected chi connectivity index (χ0v) is 10.2. The lowest BCUT2D eigenvalue weighted by Gasteiger charge is -2.14. The first-order valence-electron chi connectivity index (χ1n) is 5.35. The van der Waals surface area contributed by atoms with Gasteiger partial charge in [0.1, 0.15) is 5.75 Å². The van der Waals surface area contributed by atoms with Gasteiger partial charge in [0, 0.05) is 4.47 Å². The van der Waals surface area contributed by atoms with Crippen molar-refractivity contribution in [3.05, 3.63) is 28.2 Å². The van der Waals surface area contributed by atoms with E-state index >= 15 is 0 Å². The zero-order chi connectivity index (χ0) is 10.7. The third kappa shape index (κ3) is 2.73. The maximum atomic E-state index is 9.12. The zero-order valence-electron chi connectivity index (χ0n) is 8.58. The average Bonchev–Trinajstić information content (AvgIpc) is 2.73. The van der Waals surface area contributed by atoms with Crippen molar-refractivity contribution >= 4 is 15.9 Å². The standard InChI is InChI=1S/C12H15BrO2/c13-12-6-5-11(7-9(12)8-14)15-10-3-1-2-4-10/h5-7,10,14H,1-4,8H2. The molecule has 3 heteroatoms. The molecule has 1 aliphatic carbocycles. The van der Waals surface area contributed by atoms with Crippen LogP contribution in [0.2, 0.25) is 0 Å². The van der Waals surface area contributed by atoms with Gasteiger partial charge in [0.25, 0.3) is 0 Å². The first-order chi connectivity index (χ1) is 7.29. The maximum Gasteiger partial charge on any atom is 0.120 e. The number of halogens is 1. The molecule has 15 heavy (non-hydrogen) atoms. The van der Waals surface area contributed by atoms with E-state index in [0.717, 1.165) is 28.6 Å². The average molecular weight is 271 g/mol. The fraction of sp³-hybridized carbons (Fsp3) is 0.500. The molecule has 0 heterocycles. The van der Waals surface area contributed by atoms with Crippen molar-refractivity contribution in [2.75, 3.05) is 0 Å². The van der Waals surface area contributed by atoms with Crippen molar-refractivity contribution in [1.82, 2.24) is 0 Å². The van der Waals surface area contributed by atoms with Crippen LogP contribution >= 0.6 is 15.9 Å². The third-order valence-electron chi connectivity index (χ3n) is 2.79. The molecule has 0 atom stereocenters. The molecule has 0 aromatic heterocycles. The van der Waals surface area contributed by atoms with E-state index in [1.807, 2.05) is 18.2 Å². The number of rotatable bonds is 3. The number of hydrogen-bond acceptors (Lipinski definition) is 2. The predicted molar refractivity (Wildman–Crippen MR) is 62.9 cm³/mol. The van der Waals surface area contributed by atoms with Crippen LogP contribution in [-0.4, -0.2) is 11.2 Å². The predicted octanol–water partition coefficient (Wildman–Crippen LogP) is 3.26. The summed E-state index contributed by atoms with van der Waals surface area (Å²) in [6.07, 6.45) is 5.23. The van der Waals surface area contributed by atoms with Gasteiger partial charge in [-0.05, 0) is 49.4 Å². The van der Waals surface area contributed by atoms with Crippen molar-refractivity contribution in [2.24, 2.45) is 0 Å². The fourth-order valence-corrected chi connectivity index (χ4v) is 2.32. The Morgan fingerprint density at radius 1 is 1.33 bits per heavy atom. The quantitative estimate of drug-likeness (QED) is 0.914. The van der Waals surface area contributed by atoms with Crippen molar-refractivity contribution in [1.29, 1.82) is 0 Å². The Labute approximate surface area is 98.4 Å². The van der Waals surface area contributed by atoms with Crippen LogP contribution in [0.1, 0.15) is 31.2 Å². The molecule has 2 rings (SSSR count). The van der Waals surface area contributed by atoms with Gasteiger partial charge < -0.3 is 9.84 Å². The second kappa shape index (κ2) is 4.99. The summed E-state index contributed by atoms with van der Waals surface area (Å²) in [5.74, 6) is 0.870. The van der Waals surface area contributed by atoms with Crippen LogP contribution in [0.4, 0.5) is 0 Å². The van der Waals surface area contributed by atoms with Gasteiger partial charge in [0.2, 0.25) is 0 Å². The Bertz CT molecular complexity index is 332. The van der Waals surface area contributed by atoms with E-state index in [4.69, 9.17) is 9.84 Å². The van der Waals surface area contributed by atoms with Gasteiger partial charge in [-0.25, -0.2) is 0 Å². The highest BCUT2D eigenvalue weighted by Crippen LogP contribution is 2.27. The number of aliphatic hydroxyl groups is 1. The Kier molecular flexibility index (Phi) is 3.65. The van der Waals surface area contributed by atoms with Crippen LogP contribution in [0.25, 0.3) is 0 Å². The Morgan fingerprint density at radius 2 is 2.07 bits per heavy atom. The summed E-state index contributed by atoms with van der Waals surface area (Å²) >= 11 is 3.39. The largest absolute Gasteiger partial charge is 0.490 e. The van der Waals surface area contributed by atoms with E-state index in [9.17, 15) is 0 Å². The van der Waals surface area contributed by atoms with Crippen LogP contribution in [0, 0.1) is 0 Å². The second-order valence-corrected chi connectivity index (χ2v) is 4.79. The Morgan fingerprint density at radius 3 is 2.73 bits per heavy atom. The molecule has 1 N–H and O–H groups in total. The van der Waals surface area contributed by atoms with Crippen LogP contribution < -0.4 is 4.74 Å². The molecule has 0 unspecified atom stereocenters. The van der Waals surface area contributed by atoms with Crippen molar-refractivity contribution < 1.29 is 9.84 Å². The van der Waals surface area contributed by atoms with Gasteiger partial charge in [-0.2, -0.15) is 0 Å². The third-order valence-corrected chi connectivity index (χ3v) is 3.57. The Hall–Kier alpha value is -0.540. The molecule has 82 valence electrons. The van der Waals surface area contributed by atoms with Crippen LogP contribution in [0.5, 0.6) is 5.75 Å². The summed E-state index contributed by atoms with van der Waals surface area (Å²) in [6, 6.07) is 5.78. The molecule has 1 fully saturated rings. The van der Waals surface area contributed by atoms with E-state index < -0.39 is 0 Å². The molecule has 0 bridgehead atoms. The highest BCUT2D eigenvalue weighted by Gasteiger charge is 2.16. The second-order valence-electron chi connectivity index (χ2n) is 3.94. The van der Waals surface area contributed by atoms with Crippen LogP contribution in [-0.2, 0) is 6.61 Å². The normalized spacial score (nSPS) is 16.9. The highest BCUT2D eigenvalue weighted by molar-refractivity contribution is 9.10. The summed E-state index contributed by atoms with van der Waals surface area (Å²) in [6.45, 7) is 0.0441. The smallest absolute Gasteiger partial charge is 0.120 e. The minimum Gasteiger partial charge on any atom is -0.490 e. The van der Waals surface area contributed by atoms with E-state index in [1.165, 1.54) is 12.8 Å². The monoisotopic (exact) mass is 270 g/mol. The lowest BCUT2D eigenvalue weighted by Crippen LogP contribution is -2.10. The van der Waals surface area contributed by atoms with Gasteiger partial charge >= 0.3 is 0 Å². The summed E-state index contributed by atoms with van der Waals surface area (Å²) < 4.78 is 6.77. The fourth-order valence-electron chi connectivity index (χ4n) is 1.94. The lowest BCUT2D eigenvalue weighted by molar-refractivity contribution is 0.209. The van der Waals surface area contributed by atoms with Gasteiger partial charge in [0.15, 0.2) is 0 Å². The molecule has 0 amide bonds. The maximum absolute atomic E-state index is 9.12. The van der Waals surface area contributed by atoms with Gasteiger partial charge in [-0.1, -0.05) is 15.9 Å². The molecule has 0 spiro atoms. The summed E-state index contributed by atoms with van der Waals surface area (Å²) in [5.41, 5.74) is 0.880. The first kappa shape index (κ1) is 11.0. The van der Waals surface area contributed by atoms with Crippen molar-refractivity contribution in [3.63, 3.8) is 0 Å². The van der Waals surface area contributed by atoms with Crippen molar-refractivity contribution in [2.45, 2.75) is 38.4 Å². The van der Waals surface area contributed by atoms with Gasteiger partial charge in [0.05, 0.1) is 12.7 Å². The SMILES string of the molecule is OCc1cc(OC2CCCC2)ccc1Br. The first-order valence-corrected chi connectivity index (χ1v) is 6.15. The molecule has 0 saturated heterocycles. The highest BCUT2D eigenvalue weighted by atomic mass is 79.9. The van der Waals surface area contributed by atoms with E-state index in [1.54, 1.807) is 0 Å². The van der Waals surface area contributed by atoms with Crippen molar-refractivity contribution in [3.8, 4) is 5.75 Å². The number of hydrogen-bond donors (Lipinski definition) is 1. The molecule has 0 radical (unpaired) electrons. The molecule has 1 aromatic rings. The molecule has 1 saturated carbocycles. The molecular weight excluding hydrogens is 256 g/mol. The number of ether oxygens (including phenoxy) is 1. The molecule has 1 aliphatic rings. The minimum absolute atomic E-state index is 0.0441. The number of aliphatic hydroxyl groups excluding tert-OH is 1. The van der Waals surface area contributed by atoms with Gasteiger partial charge in [-0.15, -0.1) is 0 Å². The van der Waals surface area contributed by atoms with E-state index in [-0.39, 0.29) is 6.61 Å². The van der Waals surface area contributed by atoms with Gasteiger partial charge in [-0.3, -0.25) is 0 Å². The van der Waals surface area contributed by atoms with Crippen LogP contribution in [0.15, 0.2) is 22.7 Å². The molecule has 1 aromatic carbocycles. The molecular formula is C12H15BrO2. The van der Waals surface area contributed by atoms with E-state index in [2.05, 4.69) is 15.9 Å². The lowest BCUT2D eigenvalue weighted by atomic mass is 10.2. The molecule has 0 aliphatic heterocycles. The minimum atomic E-state index is 0.0441. The summed E-state index contributed by atoms with van der Waals surface area (Å²) in [7, 11) is 0.